The van der Waals surface area contributed by atoms with E-state index < -0.39 is 17.3 Å². The fourth-order valence-electron chi connectivity index (χ4n) is 2.37. The van der Waals surface area contributed by atoms with Gasteiger partial charge in [-0.2, -0.15) is 0 Å². The van der Waals surface area contributed by atoms with Gasteiger partial charge in [0.25, 0.3) is 0 Å². The molecule has 2 aromatic carbocycles. The highest BCUT2D eigenvalue weighted by molar-refractivity contribution is 6.31. The van der Waals surface area contributed by atoms with Gasteiger partial charge in [0, 0.05) is 21.1 Å². The molecule has 0 unspecified atom stereocenters. The van der Waals surface area contributed by atoms with Crippen molar-refractivity contribution in [1.29, 1.82) is 0 Å². The fourth-order valence-corrected chi connectivity index (χ4v) is 2.55. The zero-order valence-electron chi connectivity index (χ0n) is 11.9. The summed E-state index contributed by atoms with van der Waals surface area (Å²) >= 11 is 6.04. The maximum Gasteiger partial charge on any atom is 0.243 e. The predicted molar refractivity (Wildman–Crippen MR) is 87.3 cm³/mol. The third-order valence-electron chi connectivity index (χ3n) is 3.35. The molecule has 0 saturated carbocycles. The largest absolute Gasteiger partial charge is 0.278 e. The second kappa shape index (κ2) is 6.26. The summed E-state index contributed by atoms with van der Waals surface area (Å²) in [6.45, 7) is -0.368. The van der Waals surface area contributed by atoms with Crippen LogP contribution in [0.15, 0.2) is 52.4 Å². The molecule has 0 spiro atoms. The van der Waals surface area contributed by atoms with Crippen molar-refractivity contribution in [2.75, 3.05) is 13.1 Å². The van der Waals surface area contributed by atoms with Crippen LogP contribution in [-0.2, 0) is 0 Å². The number of fused-ring (bicyclic) bond motifs is 1. The molecule has 0 atom stereocenters. The molecule has 0 fully saturated rings. The molecule has 1 heterocycles. The van der Waals surface area contributed by atoms with Gasteiger partial charge in [0.05, 0.1) is 17.9 Å². The molecule has 0 saturated heterocycles. The number of benzene rings is 2. The van der Waals surface area contributed by atoms with Crippen molar-refractivity contribution in [3.8, 4) is 0 Å². The number of nitro groups is 1. The molecule has 1 aliphatic heterocycles. The predicted octanol–water partition coefficient (Wildman–Crippen LogP) is 3.68. The van der Waals surface area contributed by atoms with Crippen molar-refractivity contribution in [3.63, 3.8) is 0 Å². The van der Waals surface area contributed by atoms with Gasteiger partial charge in [-0.3, -0.25) is 15.1 Å². The lowest BCUT2D eigenvalue weighted by molar-refractivity contribution is -0.463. The van der Waals surface area contributed by atoms with E-state index in [4.69, 9.17) is 11.6 Å². The lowest BCUT2D eigenvalue weighted by Gasteiger charge is -2.09. The van der Waals surface area contributed by atoms with Gasteiger partial charge in [-0.25, -0.2) is 9.38 Å². The van der Waals surface area contributed by atoms with Crippen LogP contribution >= 0.6 is 11.6 Å². The fraction of sp³-hybridized carbons (Fsp3) is 0.125. The number of nitrogens with zero attached hydrogens (tertiary/aromatic N) is 3. The van der Waals surface area contributed by atoms with Crippen LogP contribution in [-0.4, -0.2) is 29.4 Å². The Balaban J connectivity index is 2.17. The van der Waals surface area contributed by atoms with Gasteiger partial charge in [-0.05, 0) is 30.3 Å². The zero-order chi connectivity index (χ0) is 16.4. The Kier molecular flexibility index (Phi) is 4.16. The third kappa shape index (κ3) is 3.27. The van der Waals surface area contributed by atoms with Crippen molar-refractivity contribution in [1.82, 2.24) is 0 Å². The van der Waals surface area contributed by atoms with E-state index in [0.29, 0.717) is 33.3 Å². The Morgan fingerprint density at radius 2 is 2.00 bits per heavy atom. The molecule has 0 radical (unpaired) electrons. The van der Waals surface area contributed by atoms with Crippen molar-refractivity contribution in [2.45, 2.75) is 0 Å². The summed E-state index contributed by atoms with van der Waals surface area (Å²) in [5.41, 5.74) is 2.06. The lowest BCUT2D eigenvalue weighted by Crippen LogP contribution is -2.16. The Bertz CT molecular complexity index is 849. The molecule has 1 aliphatic rings. The molecular formula is C16H11ClFN3O2. The van der Waals surface area contributed by atoms with Crippen LogP contribution in [0.25, 0.3) is 0 Å². The summed E-state index contributed by atoms with van der Waals surface area (Å²) in [4.78, 5) is 18.9. The normalized spacial score (nSPS) is 13.7. The van der Waals surface area contributed by atoms with Crippen molar-refractivity contribution < 1.29 is 9.31 Å². The van der Waals surface area contributed by atoms with Gasteiger partial charge in [0.15, 0.2) is 0 Å². The number of aliphatic imine (C=N–C) groups is 2. The van der Waals surface area contributed by atoms with Crippen LogP contribution in [0.3, 0.4) is 0 Å². The number of hydrogen-bond donors (Lipinski definition) is 0. The first-order valence-corrected chi connectivity index (χ1v) is 7.20. The van der Waals surface area contributed by atoms with E-state index in [1.54, 1.807) is 36.4 Å². The minimum atomic E-state index is -0.460. The summed E-state index contributed by atoms with van der Waals surface area (Å²) in [5.74, 6) is -0.421. The molecule has 0 bridgehead atoms. The van der Waals surface area contributed by atoms with Gasteiger partial charge in [0.2, 0.25) is 6.54 Å². The van der Waals surface area contributed by atoms with Gasteiger partial charge >= 0.3 is 0 Å². The van der Waals surface area contributed by atoms with E-state index in [2.05, 4.69) is 9.98 Å². The summed E-state index contributed by atoms with van der Waals surface area (Å²) in [6, 6.07) is 11.2. The first-order valence-electron chi connectivity index (χ1n) is 6.82. The maximum atomic E-state index is 14.1. The topological polar surface area (TPSA) is 67.9 Å². The summed E-state index contributed by atoms with van der Waals surface area (Å²) in [5, 5.41) is 11.2. The van der Waals surface area contributed by atoms with Gasteiger partial charge < -0.3 is 0 Å². The van der Waals surface area contributed by atoms with E-state index in [1.165, 1.54) is 6.07 Å². The number of hydrogen-bond acceptors (Lipinski definition) is 4. The number of halogens is 2. The smallest absolute Gasteiger partial charge is 0.243 e. The monoisotopic (exact) mass is 331 g/mol. The highest BCUT2D eigenvalue weighted by Gasteiger charge is 2.20. The first kappa shape index (κ1) is 15.3. The third-order valence-corrected chi connectivity index (χ3v) is 3.59. The van der Waals surface area contributed by atoms with E-state index in [9.17, 15) is 14.5 Å². The minimum absolute atomic E-state index is 0.0386. The first-order chi connectivity index (χ1) is 11.0. The average molecular weight is 332 g/mol. The minimum Gasteiger partial charge on any atom is -0.278 e. The quantitative estimate of drug-likeness (QED) is 0.636. The Labute approximate surface area is 136 Å². The average Bonchev–Trinajstić information content (AvgIpc) is 2.66. The zero-order valence-corrected chi connectivity index (χ0v) is 12.6. The SMILES string of the molecule is O=[N+]([O-])CC1=Nc2ccc(Cl)cc2C(c2ccccc2F)=NC1. The molecule has 0 N–H and O–H groups in total. The second-order valence-corrected chi connectivity index (χ2v) is 5.41. The van der Waals surface area contributed by atoms with Gasteiger partial charge in [-0.1, -0.05) is 23.7 Å². The van der Waals surface area contributed by atoms with Crippen molar-refractivity contribution in [3.05, 3.63) is 74.5 Å². The second-order valence-electron chi connectivity index (χ2n) is 4.98. The molecular weight excluding hydrogens is 321 g/mol. The molecule has 0 amide bonds. The van der Waals surface area contributed by atoms with Gasteiger partial charge in [-0.15, -0.1) is 0 Å². The Morgan fingerprint density at radius 3 is 2.74 bits per heavy atom. The highest BCUT2D eigenvalue weighted by Crippen LogP contribution is 2.29. The number of rotatable bonds is 3. The van der Waals surface area contributed by atoms with Crippen LogP contribution < -0.4 is 0 Å². The molecule has 116 valence electrons. The summed E-state index contributed by atoms with van der Waals surface area (Å²) in [7, 11) is 0. The Hall–Kier alpha value is -2.60. The molecule has 3 rings (SSSR count). The molecule has 2 aromatic rings. The van der Waals surface area contributed by atoms with Crippen LogP contribution in [0.4, 0.5) is 10.1 Å². The van der Waals surface area contributed by atoms with Crippen LogP contribution in [0, 0.1) is 15.9 Å². The van der Waals surface area contributed by atoms with Crippen LogP contribution in [0.5, 0.6) is 0 Å². The van der Waals surface area contributed by atoms with Gasteiger partial charge in [0.1, 0.15) is 11.5 Å². The highest BCUT2D eigenvalue weighted by atomic mass is 35.5. The van der Waals surface area contributed by atoms with Crippen molar-refractivity contribution in [2.24, 2.45) is 9.98 Å². The van der Waals surface area contributed by atoms with Crippen LogP contribution in [0.1, 0.15) is 11.1 Å². The van der Waals surface area contributed by atoms with Crippen molar-refractivity contribution >= 4 is 28.7 Å². The van der Waals surface area contributed by atoms with E-state index in [-0.39, 0.29) is 6.54 Å². The summed E-state index contributed by atoms with van der Waals surface area (Å²) in [6.07, 6.45) is 0. The lowest BCUT2D eigenvalue weighted by atomic mass is 10.0. The Morgan fingerprint density at radius 1 is 1.22 bits per heavy atom. The molecule has 7 heteroatoms. The molecule has 5 nitrogen and oxygen atoms in total. The van der Waals surface area contributed by atoms with E-state index in [1.807, 2.05) is 0 Å². The maximum absolute atomic E-state index is 14.1. The van der Waals surface area contributed by atoms with E-state index >= 15 is 0 Å². The summed E-state index contributed by atoms with van der Waals surface area (Å²) < 4.78 is 14.1. The van der Waals surface area contributed by atoms with E-state index in [0.717, 1.165) is 0 Å². The molecule has 0 aromatic heterocycles. The molecule has 23 heavy (non-hydrogen) atoms. The molecule has 0 aliphatic carbocycles. The van der Waals surface area contributed by atoms with Crippen LogP contribution in [0.2, 0.25) is 5.02 Å². The standard InChI is InChI=1S/C16H11ClFN3O2/c17-10-5-6-15-13(7-10)16(12-3-1-2-4-14(12)18)19-8-11(20-15)9-21(22)23/h1-7H,8-9H2.